The normalized spacial score (nSPS) is 11.4. The van der Waals surface area contributed by atoms with Gasteiger partial charge in [-0.3, -0.25) is 9.52 Å². The molecule has 1 amide bonds. The predicted octanol–water partition coefficient (Wildman–Crippen LogP) is 3.97. The van der Waals surface area contributed by atoms with E-state index in [1.165, 1.54) is 12.1 Å². The van der Waals surface area contributed by atoms with Crippen molar-refractivity contribution in [2.45, 2.75) is 18.2 Å². The summed E-state index contributed by atoms with van der Waals surface area (Å²) >= 11 is 6.06. The molecule has 0 saturated carbocycles. The van der Waals surface area contributed by atoms with Gasteiger partial charge in [0.05, 0.1) is 21.1 Å². The molecule has 3 N–H and O–H groups in total. The van der Waals surface area contributed by atoms with Gasteiger partial charge in [0, 0.05) is 23.7 Å². The van der Waals surface area contributed by atoms with Crippen LogP contribution in [-0.4, -0.2) is 19.3 Å². The van der Waals surface area contributed by atoms with Crippen LogP contribution in [0.1, 0.15) is 13.3 Å². The van der Waals surface area contributed by atoms with E-state index >= 15 is 0 Å². The van der Waals surface area contributed by atoms with Crippen molar-refractivity contribution in [1.29, 1.82) is 0 Å². The average Bonchev–Trinajstić information content (AvgIpc) is 2.97. The summed E-state index contributed by atoms with van der Waals surface area (Å²) in [5.74, 6) is -0.135. The Balaban J connectivity index is 1.87. The first-order valence-corrected chi connectivity index (χ1v) is 9.45. The topological polar surface area (TPSA) is 91.1 Å². The molecule has 1 heterocycles. The molecule has 0 aliphatic heterocycles. The summed E-state index contributed by atoms with van der Waals surface area (Å²) in [6, 6.07) is 11.2. The first kappa shape index (κ1) is 17.3. The third-order valence-corrected chi connectivity index (χ3v) is 5.37. The van der Waals surface area contributed by atoms with E-state index < -0.39 is 10.0 Å². The van der Waals surface area contributed by atoms with Crippen LogP contribution >= 0.6 is 11.6 Å². The zero-order chi connectivity index (χ0) is 18.0. The molecule has 130 valence electrons. The minimum Gasteiger partial charge on any atom is -0.358 e. The lowest BCUT2D eigenvalue weighted by atomic mass is 10.2. The largest absolute Gasteiger partial charge is 0.358 e. The van der Waals surface area contributed by atoms with E-state index in [9.17, 15) is 13.2 Å². The maximum absolute atomic E-state index is 12.6. The fourth-order valence-corrected chi connectivity index (χ4v) is 3.66. The number of para-hydroxylation sites is 1. The Morgan fingerprint density at radius 3 is 2.56 bits per heavy atom. The molecule has 8 heteroatoms. The Morgan fingerprint density at radius 2 is 1.88 bits per heavy atom. The number of anilines is 2. The molecule has 6 nitrogen and oxygen atoms in total. The Hall–Kier alpha value is -2.51. The summed E-state index contributed by atoms with van der Waals surface area (Å²) < 4.78 is 27.8. The monoisotopic (exact) mass is 377 g/mol. The van der Waals surface area contributed by atoms with E-state index in [-0.39, 0.29) is 10.8 Å². The fraction of sp³-hybridized carbons (Fsp3) is 0.118. The van der Waals surface area contributed by atoms with Crippen LogP contribution in [0.15, 0.2) is 53.6 Å². The van der Waals surface area contributed by atoms with Crippen LogP contribution in [0.3, 0.4) is 0 Å². The van der Waals surface area contributed by atoms with E-state index in [2.05, 4.69) is 15.0 Å². The lowest BCUT2D eigenvalue weighted by molar-refractivity contribution is -0.115. The molecule has 0 fully saturated rings. The van der Waals surface area contributed by atoms with Gasteiger partial charge in [0.1, 0.15) is 0 Å². The van der Waals surface area contributed by atoms with Gasteiger partial charge < -0.3 is 10.3 Å². The molecule has 25 heavy (non-hydrogen) atoms. The third-order valence-electron chi connectivity index (χ3n) is 3.68. The van der Waals surface area contributed by atoms with Gasteiger partial charge in [-0.25, -0.2) is 8.42 Å². The van der Waals surface area contributed by atoms with Crippen LogP contribution in [0.25, 0.3) is 10.9 Å². The molecule has 0 atom stereocenters. The number of fused-ring (bicyclic) bond motifs is 1. The highest BCUT2D eigenvalue weighted by molar-refractivity contribution is 7.92. The molecule has 1 aromatic heterocycles. The number of carbonyl (C=O) groups is 1. The lowest BCUT2D eigenvalue weighted by Gasteiger charge is -2.10. The third kappa shape index (κ3) is 3.62. The molecule has 2 aromatic carbocycles. The number of amides is 1. The first-order valence-electron chi connectivity index (χ1n) is 7.59. The van der Waals surface area contributed by atoms with Gasteiger partial charge in [0.25, 0.3) is 10.0 Å². The van der Waals surface area contributed by atoms with E-state index in [1.54, 1.807) is 43.5 Å². The van der Waals surface area contributed by atoms with E-state index in [4.69, 9.17) is 11.6 Å². The number of rotatable bonds is 5. The van der Waals surface area contributed by atoms with Crippen molar-refractivity contribution >= 4 is 49.8 Å². The number of carbonyl (C=O) groups excluding carboxylic acids is 1. The molecular weight excluding hydrogens is 362 g/mol. The van der Waals surface area contributed by atoms with Crippen molar-refractivity contribution in [2.24, 2.45) is 0 Å². The molecule has 0 bridgehead atoms. The molecule has 0 spiro atoms. The van der Waals surface area contributed by atoms with Gasteiger partial charge in [-0.05, 0) is 30.3 Å². The molecular formula is C17H16ClN3O3S. The molecule has 3 aromatic rings. The summed E-state index contributed by atoms with van der Waals surface area (Å²) in [7, 11) is -3.77. The van der Waals surface area contributed by atoms with Crippen molar-refractivity contribution < 1.29 is 13.2 Å². The average molecular weight is 378 g/mol. The molecule has 0 aliphatic rings. The number of H-pyrrole nitrogens is 1. The van der Waals surface area contributed by atoms with Crippen molar-refractivity contribution in [3.05, 3.63) is 53.7 Å². The van der Waals surface area contributed by atoms with Crippen LogP contribution in [0.4, 0.5) is 11.4 Å². The van der Waals surface area contributed by atoms with Crippen molar-refractivity contribution in [3.63, 3.8) is 0 Å². The highest BCUT2D eigenvalue weighted by atomic mass is 35.5. The van der Waals surface area contributed by atoms with Crippen molar-refractivity contribution in [1.82, 2.24) is 4.98 Å². The zero-order valence-corrected chi connectivity index (χ0v) is 14.9. The number of aromatic amines is 1. The highest BCUT2D eigenvalue weighted by Crippen LogP contribution is 2.30. The predicted molar refractivity (Wildman–Crippen MR) is 99.5 cm³/mol. The Labute approximate surface area is 150 Å². The fourth-order valence-electron chi connectivity index (χ4n) is 2.38. The number of sulfonamides is 1. The highest BCUT2D eigenvalue weighted by Gasteiger charge is 2.16. The smallest absolute Gasteiger partial charge is 0.261 e. The Bertz CT molecular complexity index is 1030. The first-order chi connectivity index (χ1) is 11.9. The molecule has 0 radical (unpaired) electrons. The Kier molecular flexibility index (Phi) is 4.69. The minimum absolute atomic E-state index is 0.0941. The number of hydrogen-bond donors (Lipinski definition) is 3. The summed E-state index contributed by atoms with van der Waals surface area (Å²) in [6.07, 6.45) is 1.96. The maximum atomic E-state index is 12.6. The molecule has 0 aliphatic carbocycles. The van der Waals surface area contributed by atoms with E-state index in [1.807, 2.05) is 0 Å². The van der Waals surface area contributed by atoms with Crippen LogP contribution in [0.2, 0.25) is 5.02 Å². The lowest BCUT2D eigenvalue weighted by Crippen LogP contribution is -2.14. The van der Waals surface area contributed by atoms with Crippen LogP contribution in [0, 0.1) is 0 Å². The minimum atomic E-state index is -3.77. The zero-order valence-electron chi connectivity index (χ0n) is 13.3. The quantitative estimate of drug-likeness (QED) is 0.628. The molecule has 3 rings (SSSR count). The number of nitrogens with one attached hydrogen (secondary N) is 3. The summed E-state index contributed by atoms with van der Waals surface area (Å²) in [5, 5.41) is 3.93. The van der Waals surface area contributed by atoms with Crippen LogP contribution in [0.5, 0.6) is 0 Å². The van der Waals surface area contributed by atoms with Gasteiger partial charge in [0.2, 0.25) is 5.91 Å². The van der Waals surface area contributed by atoms with Gasteiger partial charge in [-0.2, -0.15) is 0 Å². The van der Waals surface area contributed by atoms with Gasteiger partial charge >= 0.3 is 0 Å². The second-order valence-electron chi connectivity index (χ2n) is 5.40. The number of aromatic nitrogens is 1. The van der Waals surface area contributed by atoms with E-state index in [0.717, 1.165) is 5.39 Å². The second-order valence-corrected chi connectivity index (χ2v) is 7.49. The van der Waals surface area contributed by atoms with Crippen LogP contribution in [-0.2, 0) is 14.8 Å². The standard InChI is InChI=1S/C17H16ClN3O3S/c1-2-16(22)20-11-6-8-12(9-7-11)25(23,24)21-15-5-3-4-13-14(18)10-19-17(13)15/h3-10,19,21H,2H2,1H3,(H,20,22). The summed E-state index contributed by atoms with van der Waals surface area (Å²) in [5.41, 5.74) is 1.57. The maximum Gasteiger partial charge on any atom is 0.261 e. The van der Waals surface area contributed by atoms with Gasteiger partial charge in [-0.15, -0.1) is 0 Å². The molecule has 0 saturated heterocycles. The summed E-state index contributed by atoms with van der Waals surface area (Å²) in [6.45, 7) is 1.74. The molecule has 0 unspecified atom stereocenters. The van der Waals surface area contributed by atoms with Crippen molar-refractivity contribution in [2.75, 3.05) is 10.0 Å². The Morgan fingerprint density at radius 1 is 1.16 bits per heavy atom. The second kappa shape index (κ2) is 6.78. The van der Waals surface area contributed by atoms with E-state index in [0.29, 0.717) is 28.3 Å². The van der Waals surface area contributed by atoms with Crippen molar-refractivity contribution in [3.8, 4) is 0 Å². The van der Waals surface area contributed by atoms with Gasteiger partial charge in [0.15, 0.2) is 0 Å². The van der Waals surface area contributed by atoms with Crippen LogP contribution < -0.4 is 10.0 Å². The SMILES string of the molecule is CCC(=O)Nc1ccc(S(=O)(=O)Nc2cccc3c(Cl)c[nH]c23)cc1. The number of halogens is 1. The van der Waals surface area contributed by atoms with Gasteiger partial charge in [-0.1, -0.05) is 30.7 Å². The summed E-state index contributed by atoms with van der Waals surface area (Å²) in [4.78, 5) is 14.4. The number of benzene rings is 2. The number of hydrogen-bond acceptors (Lipinski definition) is 3.